The Kier molecular flexibility index (Phi) is 5.96. The van der Waals surface area contributed by atoms with Crippen molar-refractivity contribution in [3.05, 3.63) is 33.8 Å². The molecule has 0 atom stereocenters. The molecule has 0 aliphatic carbocycles. The fourth-order valence-corrected chi connectivity index (χ4v) is 3.02. The van der Waals surface area contributed by atoms with Gasteiger partial charge in [0, 0.05) is 16.6 Å². The number of halogens is 2. The van der Waals surface area contributed by atoms with Crippen molar-refractivity contribution < 1.29 is 0 Å². The average Bonchev–Trinajstić information content (AvgIpc) is 2.39. The highest BCUT2D eigenvalue weighted by molar-refractivity contribution is 6.35. The molecule has 106 valence electrons. The van der Waals surface area contributed by atoms with E-state index in [1.807, 2.05) is 12.1 Å². The summed E-state index contributed by atoms with van der Waals surface area (Å²) in [4.78, 5) is 2.41. The third-order valence-electron chi connectivity index (χ3n) is 3.90. The molecular formula is C15H22Cl2N2. The maximum atomic E-state index is 6.14. The second-order valence-electron chi connectivity index (χ2n) is 5.45. The van der Waals surface area contributed by atoms with Crippen LogP contribution in [0.2, 0.25) is 10.0 Å². The molecule has 0 unspecified atom stereocenters. The monoisotopic (exact) mass is 300 g/mol. The van der Waals surface area contributed by atoms with Crippen LogP contribution in [0.25, 0.3) is 0 Å². The number of hydrogen-bond donors (Lipinski definition) is 1. The van der Waals surface area contributed by atoms with E-state index in [-0.39, 0.29) is 0 Å². The Morgan fingerprint density at radius 3 is 2.68 bits per heavy atom. The lowest BCUT2D eigenvalue weighted by Crippen LogP contribution is -2.31. The van der Waals surface area contributed by atoms with Crippen molar-refractivity contribution in [3.8, 4) is 0 Å². The van der Waals surface area contributed by atoms with E-state index in [2.05, 4.69) is 17.3 Å². The summed E-state index contributed by atoms with van der Waals surface area (Å²) in [5.74, 6) is 0.879. The second-order valence-corrected chi connectivity index (χ2v) is 6.29. The van der Waals surface area contributed by atoms with Gasteiger partial charge in [0.25, 0.3) is 0 Å². The molecule has 1 heterocycles. The number of piperidine rings is 1. The number of benzene rings is 1. The highest BCUT2D eigenvalue weighted by atomic mass is 35.5. The molecule has 0 spiro atoms. The number of rotatable bonds is 5. The van der Waals surface area contributed by atoms with E-state index < -0.39 is 0 Å². The first-order valence-electron chi connectivity index (χ1n) is 6.98. The molecule has 19 heavy (non-hydrogen) atoms. The minimum absolute atomic E-state index is 0.695. The van der Waals surface area contributed by atoms with Crippen LogP contribution in [-0.4, -0.2) is 31.6 Å². The zero-order valence-corrected chi connectivity index (χ0v) is 13.0. The summed E-state index contributed by atoms with van der Waals surface area (Å²) >= 11 is 12.0. The Bertz CT molecular complexity index is 401. The minimum atomic E-state index is 0.695. The molecule has 1 fully saturated rings. The number of nitrogens with one attached hydrogen (secondary N) is 1. The Morgan fingerprint density at radius 2 is 2.00 bits per heavy atom. The summed E-state index contributed by atoms with van der Waals surface area (Å²) in [6, 6.07) is 5.69. The zero-order valence-electron chi connectivity index (χ0n) is 11.5. The van der Waals surface area contributed by atoms with Gasteiger partial charge in [0.1, 0.15) is 0 Å². The molecule has 1 aromatic carbocycles. The van der Waals surface area contributed by atoms with Gasteiger partial charge in [-0.25, -0.2) is 0 Å². The summed E-state index contributed by atoms with van der Waals surface area (Å²) in [5, 5.41) is 4.92. The Balaban J connectivity index is 1.66. The maximum absolute atomic E-state index is 6.14. The van der Waals surface area contributed by atoms with Crippen LogP contribution in [0.15, 0.2) is 18.2 Å². The van der Waals surface area contributed by atoms with E-state index in [0.717, 1.165) is 29.6 Å². The Morgan fingerprint density at radius 1 is 1.26 bits per heavy atom. The van der Waals surface area contributed by atoms with Crippen LogP contribution in [0.3, 0.4) is 0 Å². The predicted molar refractivity (Wildman–Crippen MR) is 83.0 cm³/mol. The molecule has 0 saturated carbocycles. The van der Waals surface area contributed by atoms with Crippen LogP contribution in [0.1, 0.15) is 24.8 Å². The summed E-state index contributed by atoms with van der Waals surface area (Å²) < 4.78 is 0. The van der Waals surface area contributed by atoms with E-state index in [0.29, 0.717) is 5.02 Å². The van der Waals surface area contributed by atoms with Crippen LogP contribution in [0.5, 0.6) is 0 Å². The van der Waals surface area contributed by atoms with Gasteiger partial charge in [-0.05, 0) is 69.6 Å². The van der Waals surface area contributed by atoms with Crippen molar-refractivity contribution in [2.24, 2.45) is 5.92 Å². The zero-order chi connectivity index (χ0) is 13.7. The van der Waals surface area contributed by atoms with Crippen molar-refractivity contribution in [3.63, 3.8) is 0 Å². The van der Waals surface area contributed by atoms with Crippen molar-refractivity contribution in [2.45, 2.75) is 25.8 Å². The van der Waals surface area contributed by atoms with E-state index in [1.54, 1.807) is 6.07 Å². The van der Waals surface area contributed by atoms with Crippen molar-refractivity contribution in [1.82, 2.24) is 10.2 Å². The normalized spacial score (nSPS) is 17.8. The number of likely N-dealkylation sites (tertiary alicyclic amines) is 1. The Labute approximate surface area is 126 Å². The highest BCUT2D eigenvalue weighted by Crippen LogP contribution is 2.21. The minimum Gasteiger partial charge on any atom is -0.313 e. The molecule has 2 rings (SSSR count). The maximum Gasteiger partial charge on any atom is 0.0465 e. The lowest BCUT2D eigenvalue weighted by molar-refractivity contribution is 0.211. The van der Waals surface area contributed by atoms with Gasteiger partial charge in [0.15, 0.2) is 0 Å². The van der Waals surface area contributed by atoms with Gasteiger partial charge in [0.2, 0.25) is 0 Å². The lowest BCUT2D eigenvalue weighted by Gasteiger charge is -2.28. The van der Waals surface area contributed by atoms with Crippen molar-refractivity contribution >= 4 is 23.2 Å². The van der Waals surface area contributed by atoms with E-state index in [4.69, 9.17) is 23.2 Å². The van der Waals surface area contributed by atoms with Crippen LogP contribution in [0, 0.1) is 5.92 Å². The number of hydrogen-bond acceptors (Lipinski definition) is 2. The van der Waals surface area contributed by atoms with Crippen molar-refractivity contribution in [2.75, 3.05) is 26.7 Å². The van der Waals surface area contributed by atoms with Gasteiger partial charge in [-0.15, -0.1) is 0 Å². The molecule has 1 saturated heterocycles. The Hall–Kier alpha value is -0.280. The first kappa shape index (κ1) is 15.1. The molecule has 0 radical (unpaired) electrons. The molecule has 0 aromatic heterocycles. The second kappa shape index (κ2) is 7.49. The van der Waals surface area contributed by atoms with Crippen LogP contribution in [0.4, 0.5) is 0 Å². The molecular weight excluding hydrogens is 279 g/mol. The molecule has 4 heteroatoms. The van der Waals surface area contributed by atoms with Crippen molar-refractivity contribution in [1.29, 1.82) is 0 Å². The van der Waals surface area contributed by atoms with Crippen LogP contribution >= 0.6 is 23.2 Å². The average molecular weight is 301 g/mol. The lowest BCUT2D eigenvalue weighted by atomic mass is 9.94. The fourth-order valence-electron chi connectivity index (χ4n) is 2.55. The molecule has 0 amide bonds. The standard InChI is InChI=1S/C15H22Cl2N2/c1-19-8-5-12(6-9-19)4-7-18-11-13-2-3-14(16)10-15(13)17/h2-3,10,12,18H,4-9,11H2,1H3. The van der Waals surface area contributed by atoms with Gasteiger partial charge >= 0.3 is 0 Å². The summed E-state index contributed by atoms with van der Waals surface area (Å²) in [6.45, 7) is 4.37. The van der Waals surface area contributed by atoms with Gasteiger partial charge in [-0.2, -0.15) is 0 Å². The first-order valence-corrected chi connectivity index (χ1v) is 7.74. The van der Waals surface area contributed by atoms with Gasteiger partial charge < -0.3 is 10.2 Å². The number of nitrogens with zero attached hydrogens (tertiary/aromatic N) is 1. The highest BCUT2D eigenvalue weighted by Gasteiger charge is 2.15. The molecule has 2 nitrogen and oxygen atoms in total. The smallest absolute Gasteiger partial charge is 0.0465 e. The van der Waals surface area contributed by atoms with Gasteiger partial charge in [-0.1, -0.05) is 29.3 Å². The van der Waals surface area contributed by atoms with Crippen LogP contribution < -0.4 is 5.32 Å². The molecule has 1 N–H and O–H groups in total. The molecule has 1 aromatic rings. The van der Waals surface area contributed by atoms with Crippen LogP contribution in [-0.2, 0) is 6.54 Å². The van der Waals surface area contributed by atoms with E-state index >= 15 is 0 Å². The molecule has 1 aliphatic rings. The largest absolute Gasteiger partial charge is 0.313 e. The summed E-state index contributed by atoms with van der Waals surface area (Å²) in [5.41, 5.74) is 1.12. The van der Waals surface area contributed by atoms with E-state index in [9.17, 15) is 0 Å². The summed E-state index contributed by atoms with van der Waals surface area (Å²) in [7, 11) is 2.21. The van der Waals surface area contributed by atoms with E-state index in [1.165, 1.54) is 32.4 Å². The fraction of sp³-hybridized carbons (Fsp3) is 0.600. The molecule has 0 bridgehead atoms. The topological polar surface area (TPSA) is 15.3 Å². The van der Waals surface area contributed by atoms with Gasteiger partial charge in [0.05, 0.1) is 0 Å². The molecule has 1 aliphatic heterocycles. The third kappa shape index (κ3) is 4.96. The first-order chi connectivity index (χ1) is 9.15. The third-order valence-corrected chi connectivity index (χ3v) is 4.49. The van der Waals surface area contributed by atoms with Gasteiger partial charge in [-0.3, -0.25) is 0 Å². The quantitative estimate of drug-likeness (QED) is 0.832. The SMILES string of the molecule is CN1CCC(CCNCc2ccc(Cl)cc2Cl)CC1. The summed E-state index contributed by atoms with van der Waals surface area (Å²) in [6.07, 6.45) is 3.93. The predicted octanol–water partition coefficient (Wildman–Crippen LogP) is 3.81.